The molecule has 0 aromatic carbocycles. The van der Waals surface area contributed by atoms with E-state index in [1.807, 2.05) is 22.7 Å². The van der Waals surface area contributed by atoms with Crippen molar-refractivity contribution >= 4 is 34.2 Å². The second kappa shape index (κ2) is 8.64. The summed E-state index contributed by atoms with van der Waals surface area (Å²) in [6.45, 7) is 2.47. The van der Waals surface area contributed by atoms with E-state index in [0.717, 1.165) is 16.8 Å². The molecule has 1 atom stereocenters. The molecule has 2 aromatic heterocycles. The van der Waals surface area contributed by atoms with Crippen LogP contribution in [0.4, 0.5) is 0 Å². The molecule has 0 radical (unpaired) electrons. The predicted molar refractivity (Wildman–Crippen MR) is 101 cm³/mol. The summed E-state index contributed by atoms with van der Waals surface area (Å²) in [7, 11) is 1.93. The first-order chi connectivity index (χ1) is 11.6. The maximum Gasteiger partial charge on any atom is 0.250 e. The van der Waals surface area contributed by atoms with Gasteiger partial charge in [0, 0.05) is 68.8 Å². The quantitative estimate of drug-likeness (QED) is 0.794. The monoisotopic (exact) mass is 429 g/mol. The number of carbonyl (C=O) groups excluding carboxylic acids is 1. The number of aryl methyl sites for hydroxylation is 2. The molecule has 1 saturated heterocycles. The van der Waals surface area contributed by atoms with Gasteiger partial charge in [-0.3, -0.25) is 9.59 Å². The number of halogens is 2. The molecule has 2 aromatic rings. The fraction of sp³-hybridized carbons (Fsp3) is 0.438. The van der Waals surface area contributed by atoms with Gasteiger partial charge in [-0.05, 0) is 22.0 Å². The van der Waals surface area contributed by atoms with E-state index in [1.165, 1.54) is 6.07 Å². The first-order valence-corrected chi connectivity index (χ1v) is 8.69. The van der Waals surface area contributed by atoms with Gasteiger partial charge in [-0.15, -0.1) is 12.4 Å². The number of amides is 1. The molecule has 136 valence electrons. The van der Waals surface area contributed by atoms with Gasteiger partial charge in [-0.1, -0.05) is 0 Å². The number of aromatic nitrogens is 3. The molecule has 0 aliphatic carbocycles. The molecule has 9 heteroatoms. The molecule has 0 saturated carbocycles. The summed E-state index contributed by atoms with van der Waals surface area (Å²) in [6, 6.07) is 3.12. The number of pyridine rings is 1. The molecule has 1 fully saturated rings. The molecule has 25 heavy (non-hydrogen) atoms. The largest absolute Gasteiger partial charge is 0.336 e. The van der Waals surface area contributed by atoms with E-state index in [-0.39, 0.29) is 36.3 Å². The molecular formula is C16H21BrClN5O2. The van der Waals surface area contributed by atoms with E-state index < -0.39 is 0 Å². The number of carbonyl (C=O) groups is 1. The first kappa shape index (κ1) is 19.7. The third kappa shape index (κ3) is 4.50. The Labute approximate surface area is 160 Å². The van der Waals surface area contributed by atoms with Crippen molar-refractivity contribution in [1.29, 1.82) is 0 Å². The van der Waals surface area contributed by atoms with Gasteiger partial charge in [-0.2, -0.15) is 0 Å². The minimum atomic E-state index is -0.105. The van der Waals surface area contributed by atoms with E-state index in [9.17, 15) is 9.59 Å². The van der Waals surface area contributed by atoms with Crippen LogP contribution >= 0.6 is 28.3 Å². The zero-order valence-corrected chi connectivity index (χ0v) is 16.3. The number of imidazole rings is 1. The fourth-order valence-corrected chi connectivity index (χ4v) is 3.35. The van der Waals surface area contributed by atoms with Crippen molar-refractivity contribution in [3.8, 4) is 0 Å². The van der Waals surface area contributed by atoms with Crippen LogP contribution in [0, 0.1) is 0 Å². The Balaban J connectivity index is 0.00000225. The fourth-order valence-electron chi connectivity index (χ4n) is 2.97. The lowest BCUT2D eigenvalue weighted by molar-refractivity contribution is -0.135. The first-order valence-electron chi connectivity index (χ1n) is 7.89. The van der Waals surface area contributed by atoms with Crippen LogP contribution in [-0.4, -0.2) is 44.6 Å². The highest BCUT2D eigenvalue weighted by Gasteiger charge is 2.30. The minimum absolute atomic E-state index is 0. The van der Waals surface area contributed by atoms with Gasteiger partial charge < -0.3 is 19.4 Å². The van der Waals surface area contributed by atoms with Crippen LogP contribution in [0.1, 0.15) is 18.3 Å². The van der Waals surface area contributed by atoms with Gasteiger partial charge in [0.25, 0.3) is 5.56 Å². The van der Waals surface area contributed by atoms with Gasteiger partial charge in [-0.25, -0.2) is 4.98 Å². The van der Waals surface area contributed by atoms with Crippen LogP contribution < -0.4 is 10.9 Å². The van der Waals surface area contributed by atoms with Crippen molar-refractivity contribution in [3.63, 3.8) is 0 Å². The third-order valence-corrected chi connectivity index (χ3v) is 4.70. The van der Waals surface area contributed by atoms with E-state index >= 15 is 0 Å². The number of nitrogens with one attached hydrogen (secondary N) is 1. The predicted octanol–water partition coefficient (Wildman–Crippen LogP) is 1.33. The molecule has 3 rings (SSSR count). The van der Waals surface area contributed by atoms with E-state index in [0.29, 0.717) is 19.6 Å². The van der Waals surface area contributed by atoms with Gasteiger partial charge in [0.2, 0.25) is 5.91 Å². The highest BCUT2D eigenvalue weighted by molar-refractivity contribution is 9.10. The number of hydrogen-bond donors (Lipinski definition) is 1. The van der Waals surface area contributed by atoms with Crippen LogP contribution in [0.15, 0.2) is 40.0 Å². The summed E-state index contributed by atoms with van der Waals surface area (Å²) in [4.78, 5) is 30.8. The Kier molecular flexibility index (Phi) is 6.80. The van der Waals surface area contributed by atoms with E-state index in [2.05, 4.69) is 26.2 Å². The summed E-state index contributed by atoms with van der Waals surface area (Å²) in [5.41, 5.74) is -0.105. The topological polar surface area (TPSA) is 72.2 Å². The molecule has 0 spiro atoms. The van der Waals surface area contributed by atoms with Crippen LogP contribution in [0.2, 0.25) is 0 Å². The van der Waals surface area contributed by atoms with Crippen molar-refractivity contribution in [3.05, 3.63) is 51.4 Å². The summed E-state index contributed by atoms with van der Waals surface area (Å²) in [5, 5.41) is 3.32. The third-order valence-electron chi connectivity index (χ3n) is 4.23. The number of nitrogens with zero attached hydrogens (tertiary/aromatic N) is 4. The van der Waals surface area contributed by atoms with Gasteiger partial charge >= 0.3 is 0 Å². The average molecular weight is 431 g/mol. The zero-order chi connectivity index (χ0) is 17.1. The van der Waals surface area contributed by atoms with Crippen molar-refractivity contribution in [2.24, 2.45) is 7.05 Å². The smallest absolute Gasteiger partial charge is 0.250 e. The Hall–Kier alpha value is -1.64. The average Bonchev–Trinajstić information content (AvgIpc) is 3.01. The Morgan fingerprint density at radius 1 is 1.44 bits per heavy atom. The summed E-state index contributed by atoms with van der Waals surface area (Å²) in [5.74, 6) is 0.909. The molecule has 0 bridgehead atoms. The van der Waals surface area contributed by atoms with Crippen molar-refractivity contribution in [2.45, 2.75) is 19.0 Å². The molecule has 1 N–H and O–H groups in total. The lowest BCUT2D eigenvalue weighted by atomic mass is 10.1. The maximum atomic E-state index is 12.7. The molecule has 1 amide bonds. The van der Waals surface area contributed by atoms with Crippen LogP contribution in [0.5, 0.6) is 0 Å². The Morgan fingerprint density at radius 2 is 2.24 bits per heavy atom. The van der Waals surface area contributed by atoms with Crippen LogP contribution in [-0.2, 0) is 18.4 Å². The van der Waals surface area contributed by atoms with E-state index in [4.69, 9.17) is 0 Å². The lowest BCUT2D eigenvalue weighted by Crippen LogP contribution is -2.49. The van der Waals surface area contributed by atoms with Gasteiger partial charge in [0.05, 0.1) is 0 Å². The molecule has 3 heterocycles. The minimum Gasteiger partial charge on any atom is -0.336 e. The van der Waals surface area contributed by atoms with Gasteiger partial charge in [0.15, 0.2) is 0 Å². The summed E-state index contributed by atoms with van der Waals surface area (Å²) >= 11 is 3.35. The van der Waals surface area contributed by atoms with E-state index in [1.54, 1.807) is 23.0 Å². The molecule has 1 unspecified atom stereocenters. The van der Waals surface area contributed by atoms with Crippen molar-refractivity contribution in [1.82, 2.24) is 24.3 Å². The maximum absolute atomic E-state index is 12.7. The van der Waals surface area contributed by atoms with Crippen LogP contribution in [0.25, 0.3) is 0 Å². The second-order valence-corrected chi connectivity index (χ2v) is 6.75. The van der Waals surface area contributed by atoms with Crippen LogP contribution in [0.3, 0.4) is 0 Å². The van der Waals surface area contributed by atoms with Gasteiger partial charge in [0.1, 0.15) is 11.9 Å². The number of rotatable bonds is 4. The SMILES string of the molecule is Cl.Cn1ccnc1C1CNCCN1C(=O)CCn1cc(Br)ccc1=O. The lowest BCUT2D eigenvalue weighted by Gasteiger charge is -2.35. The Bertz CT molecular complexity index is 791. The summed E-state index contributed by atoms with van der Waals surface area (Å²) in [6.07, 6.45) is 5.63. The number of piperazine rings is 1. The normalized spacial score (nSPS) is 17.2. The standard InChI is InChI=1S/C16H20BrN5O2.ClH/c1-20-8-6-19-16(20)13-10-18-5-9-22(13)15(24)4-7-21-11-12(17)2-3-14(21)23;/h2-3,6,8,11,13,18H,4-5,7,9-10H2,1H3;1H. The van der Waals surface area contributed by atoms with Crippen molar-refractivity contribution in [2.75, 3.05) is 19.6 Å². The zero-order valence-electron chi connectivity index (χ0n) is 13.9. The molecule has 1 aliphatic heterocycles. The highest BCUT2D eigenvalue weighted by atomic mass is 79.9. The second-order valence-electron chi connectivity index (χ2n) is 5.83. The number of hydrogen-bond acceptors (Lipinski definition) is 4. The Morgan fingerprint density at radius 3 is 2.96 bits per heavy atom. The van der Waals surface area contributed by atoms with Crippen molar-refractivity contribution < 1.29 is 4.79 Å². The molecular weight excluding hydrogens is 410 g/mol. The summed E-state index contributed by atoms with van der Waals surface area (Å²) < 4.78 is 4.32. The molecule has 1 aliphatic rings. The highest BCUT2D eigenvalue weighted by Crippen LogP contribution is 2.21. The molecule has 7 nitrogen and oxygen atoms in total.